The Hall–Kier alpha value is -1.04. The summed E-state index contributed by atoms with van der Waals surface area (Å²) in [4.78, 5) is 0. The van der Waals surface area contributed by atoms with Gasteiger partial charge in [0.05, 0.1) is 18.2 Å². The molecule has 0 aliphatic carbocycles. The Balaban J connectivity index is 1.80. The Morgan fingerprint density at radius 2 is 1.82 bits per heavy atom. The zero-order valence-corrected chi connectivity index (χ0v) is 13.8. The smallest absolute Gasteiger partial charge is 0.135 e. The van der Waals surface area contributed by atoms with Gasteiger partial charge in [0, 0.05) is 17.1 Å². The minimum absolute atomic E-state index is 0.175. The number of hydrogen-bond acceptors (Lipinski definition) is 4. The van der Waals surface area contributed by atoms with Crippen molar-refractivity contribution in [2.75, 3.05) is 26.2 Å². The third-order valence-corrected chi connectivity index (χ3v) is 3.72. The van der Waals surface area contributed by atoms with Crippen LogP contribution in [-0.2, 0) is 6.54 Å². The number of halogens is 2. The van der Waals surface area contributed by atoms with Gasteiger partial charge in [-0.25, -0.2) is 0 Å². The summed E-state index contributed by atoms with van der Waals surface area (Å²) in [5, 5.41) is 16.3. The van der Waals surface area contributed by atoms with Gasteiger partial charge in [-0.3, -0.25) is 0 Å². The van der Waals surface area contributed by atoms with Crippen molar-refractivity contribution >= 4 is 23.2 Å². The largest absolute Gasteiger partial charge is 0.460 e. The van der Waals surface area contributed by atoms with Gasteiger partial charge in [-0.05, 0) is 49.8 Å². The summed E-state index contributed by atoms with van der Waals surface area (Å²) < 4.78 is 5.80. The zero-order valence-electron chi connectivity index (χ0n) is 12.2. The first-order valence-electron chi connectivity index (χ1n) is 7.27. The van der Waals surface area contributed by atoms with Gasteiger partial charge in [0.15, 0.2) is 0 Å². The minimum atomic E-state index is 0.175. The Labute approximate surface area is 140 Å². The van der Waals surface area contributed by atoms with Crippen LogP contribution in [0.25, 0.3) is 11.3 Å². The maximum absolute atomic E-state index is 8.64. The molecule has 1 heterocycles. The first kappa shape index (κ1) is 17.3. The van der Waals surface area contributed by atoms with Crippen LogP contribution in [-0.4, -0.2) is 31.3 Å². The summed E-state index contributed by atoms with van der Waals surface area (Å²) in [6.07, 6.45) is 0.994. The molecule has 2 rings (SSSR count). The SMILES string of the molecule is OCCNCCCNCc1ccc(-c2cc(Cl)ccc2Cl)o1. The van der Waals surface area contributed by atoms with Crippen molar-refractivity contribution in [3.05, 3.63) is 46.1 Å². The molecule has 3 N–H and O–H groups in total. The van der Waals surface area contributed by atoms with E-state index in [0.717, 1.165) is 30.8 Å². The molecule has 0 radical (unpaired) electrons. The first-order chi connectivity index (χ1) is 10.7. The van der Waals surface area contributed by atoms with Crippen LogP contribution in [0.15, 0.2) is 34.7 Å². The van der Waals surface area contributed by atoms with E-state index in [1.165, 1.54) is 0 Å². The summed E-state index contributed by atoms with van der Waals surface area (Å²) in [6, 6.07) is 9.15. The predicted molar refractivity (Wildman–Crippen MR) is 90.4 cm³/mol. The van der Waals surface area contributed by atoms with E-state index in [4.69, 9.17) is 32.7 Å². The molecule has 0 saturated carbocycles. The van der Waals surface area contributed by atoms with Crippen molar-refractivity contribution in [2.45, 2.75) is 13.0 Å². The van der Waals surface area contributed by atoms with Crippen LogP contribution in [0.3, 0.4) is 0 Å². The maximum atomic E-state index is 8.64. The topological polar surface area (TPSA) is 57.4 Å². The number of aliphatic hydroxyl groups excluding tert-OH is 1. The van der Waals surface area contributed by atoms with E-state index in [1.54, 1.807) is 18.2 Å². The molecule has 0 unspecified atom stereocenters. The molecule has 22 heavy (non-hydrogen) atoms. The summed E-state index contributed by atoms with van der Waals surface area (Å²) in [7, 11) is 0. The van der Waals surface area contributed by atoms with Gasteiger partial charge in [0.1, 0.15) is 11.5 Å². The molecular weight excluding hydrogens is 323 g/mol. The summed E-state index contributed by atoms with van der Waals surface area (Å²) in [5.74, 6) is 1.57. The van der Waals surface area contributed by atoms with Gasteiger partial charge < -0.3 is 20.2 Å². The van der Waals surface area contributed by atoms with E-state index in [9.17, 15) is 0 Å². The van der Waals surface area contributed by atoms with E-state index in [0.29, 0.717) is 28.9 Å². The van der Waals surface area contributed by atoms with Crippen molar-refractivity contribution < 1.29 is 9.52 Å². The van der Waals surface area contributed by atoms with Crippen molar-refractivity contribution in [3.63, 3.8) is 0 Å². The highest BCUT2D eigenvalue weighted by Gasteiger charge is 2.09. The minimum Gasteiger partial charge on any atom is -0.460 e. The molecule has 0 fully saturated rings. The van der Waals surface area contributed by atoms with Gasteiger partial charge in [-0.2, -0.15) is 0 Å². The molecule has 1 aromatic heterocycles. The number of aliphatic hydroxyl groups is 1. The van der Waals surface area contributed by atoms with Crippen LogP contribution < -0.4 is 10.6 Å². The van der Waals surface area contributed by atoms with Crippen molar-refractivity contribution in [1.29, 1.82) is 0 Å². The van der Waals surface area contributed by atoms with Crippen molar-refractivity contribution in [1.82, 2.24) is 10.6 Å². The van der Waals surface area contributed by atoms with E-state index >= 15 is 0 Å². The third-order valence-electron chi connectivity index (χ3n) is 3.15. The fourth-order valence-corrected chi connectivity index (χ4v) is 2.44. The van der Waals surface area contributed by atoms with Gasteiger partial charge in [0.25, 0.3) is 0 Å². The van der Waals surface area contributed by atoms with Crippen LogP contribution in [0.4, 0.5) is 0 Å². The molecule has 0 aliphatic rings. The summed E-state index contributed by atoms with van der Waals surface area (Å²) in [5.41, 5.74) is 0.800. The monoisotopic (exact) mass is 342 g/mol. The molecule has 120 valence electrons. The molecule has 4 nitrogen and oxygen atoms in total. The van der Waals surface area contributed by atoms with E-state index < -0.39 is 0 Å². The highest BCUT2D eigenvalue weighted by atomic mass is 35.5. The number of hydrogen-bond donors (Lipinski definition) is 3. The van der Waals surface area contributed by atoms with Crippen LogP contribution in [0.5, 0.6) is 0 Å². The average Bonchev–Trinajstić information content (AvgIpc) is 2.97. The van der Waals surface area contributed by atoms with Gasteiger partial charge in [0.2, 0.25) is 0 Å². The summed E-state index contributed by atoms with van der Waals surface area (Å²) >= 11 is 12.2. The zero-order chi connectivity index (χ0) is 15.8. The predicted octanol–water partition coefficient (Wildman–Crippen LogP) is 3.32. The second-order valence-electron chi connectivity index (χ2n) is 4.89. The number of furan rings is 1. The van der Waals surface area contributed by atoms with Crippen LogP contribution in [0, 0.1) is 0 Å². The lowest BCUT2D eigenvalue weighted by Gasteiger charge is -2.04. The summed E-state index contributed by atoms with van der Waals surface area (Å²) in [6.45, 7) is 3.25. The Kier molecular flexibility index (Phi) is 7.22. The van der Waals surface area contributed by atoms with Crippen molar-refractivity contribution in [3.8, 4) is 11.3 Å². The lowest BCUT2D eigenvalue weighted by molar-refractivity contribution is 0.292. The maximum Gasteiger partial charge on any atom is 0.135 e. The van der Waals surface area contributed by atoms with Gasteiger partial charge >= 0.3 is 0 Å². The van der Waals surface area contributed by atoms with E-state index in [-0.39, 0.29) is 6.61 Å². The molecule has 0 saturated heterocycles. The quantitative estimate of drug-likeness (QED) is 0.612. The second kappa shape index (κ2) is 9.18. The fraction of sp³-hybridized carbons (Fsp3) is 0.375. The fourth-order valence-electron chi connectivity index (χ4n) is 2.06. The van der Waals surface area contributed by atoms with Crippen LogP contribution in [0.1, 0.15) is 12.2 Å². The Morgan fingerprint density at radius 1 is 1.00 bits per heavy atom. The molecule has 0 amide bonds. The molecular formula is C16H20Cl2N2O2. The molecule has 2 aromatic rings. The van der Waals surface area contributed by atoms with Gasteiger partial charge in [-0.1, -0.05) is 23.2 Å². The average molecular weight is 343 g/mol. The Morgan fingerprint density at radius 3 is 2.64 bits per heavy atom. The van der Waals surface area contributed by atoms with E-state index in [1.807, 2.05) is 12.1 Å². The highest BCUT2D eigenvalue weighted by Crippen LogP contribution is 2.31. The first-order valence-corrected chi connectivity index (χ1v) is 8.02. The van der Waals surface area contributed by atoms with Crippen molar-refractivity contribution in [2.24, 2.45) is 0 Å². The molecule has 6 heteroatoms. The van der Waals surface area contributed by atoms with E-state index in [2.05, 4.69) is 10.6 Å². The highest BCUT2D eigenvalue weighted by molar-refractivity contribution is 6.35. The Bertz CT molecular complexity index is 587. The van der Waals surface area contributed by atoms with Crippen LogP contribution >= 0.6 is 23.2 Å². The van der Waals surface area contributed by atoms with Crippen LogP contribution in [0.2, 0.25) is 10.0 Å². The third kappa shape index (κ3) is 5.30. The molecule has 1 aromatic carbocycles. The normalized spacial score (nSPS) is 11.0. The number of nitrogens with one attached hydrogen (secondary N) is 2. The molecule has 0 aliphatic heterocycles. The number of benzene rings is 1. The van der Waals surface area contributed by atoms with Gasteiger partial charge in [-0.15, -0.1) is 0 Å². The molecule has 0 atom stereocenters. The standard InChI is InChI=1S/C16H20Cl2N2O2/c17-12-2-4-15(18)14(10-12)16-5-3-13(22-16)11-20-7-1-6-19-8-9-21/h2-5,10,19-21H,1,6-9,11H2. The lowest BCUT2D eigenvalue weighted by atomic mass is 10.2. The molecule has 0 spiro atoms. The second-order valence-corrected chi connectivity index (χ2v) is 5.74. The number of rotatable bonds is 9. The molecule has 0 bridgehead atoms. The lowest BCUT2D eigenvalue weighted by Crippen LogP contribution is -2.23.